The molecule has 2 aromatic carbocycles. The van der Waals surface area contributed by atoms with Gasteiger partial charge in [-0.1, -0.05) is 29.3 Å². The molecule has 31 heavy (non-hydrogen) atoms. The topological polar surface area (TPSA) is 93.7 Å². The number of halogens is 1. The number of hydrogen-bond donors (Lipinski definition) is 2. The number of ether oxygens (including phenoxy) is 2. The fourth-order valence-electron chi connectivity index (χ4n) is 3.70. The number of nitrogens with one attached hydrogen (secondary N) is 2. The molecule has 1 heterocycles. The fourth-order valence-corrected chi connectivity index (χ4v) is 5.47. The van der Waals surface area contributed by atoms with Gasteiger partial charge < -0.3 is 14.8 Å². The van der Waals surface area contributed by atoms with Crippen molar-refractivity contribution in [3.05, 3.63) is 51.5 Å². The summed E-state index contributed by atoms with van der Waals surface area (Å²) in [6, 6.07) is 7.31. The van der Waals surface area contributed by atoms with Crippen molar-refractivity contribution in [1.29, 1.82) is 0 Å². The van der Waals surface area contributed by atoms with E-state index in [4.69, 9.17) is 21.1 Å². The van der Waals surface area contributed by atoms with Gasteiger partial charge >= 0.3 is 0 Å². The highest BCUT2D eigenvalue weighted by Gasteiger charge is 2.20. The third-order valence-corrected chi connectivity index (χ3v) is 6.96. The smallest absolute Gasteiger partial charge is 0.241 e. The van der Waals surface area contributed by atoms with E-state index in [1.165, 1.54) is 0 Å². The van der Waals surface area contributed by atoms with E-state index in [1.807, 2.05) is 25.1 Å². The largest absolute Gasteiger partial charge is 0.486 e. The Morgan fingerprint density at radius 3 is 2.42 bits per heavy atom. The average molecular weight is 467 g/mol. The molecule has 2 N–H and O–H groups in total. The number of carbonyl (C=O) groups excluding carboxylic acids is 1. The summed E-state index contributed by atoms with van der Waals surface area (Å²) in [7, 11) is -3.68. The predicted molar refractivity (Wildman–Crippen MR) is 120 cm³/mol. The summed E-state index contributed by atoms with van der Waals surface area (Å²) in [4.78, 5) is 12.4. The quantitative estimate of drug-likeness (QED) is 0.623. The van der Waals surface area contributed by atoms with Crippen LogP contribution in [0.2, 0.25) is 5.02 Å². The SMILES string of the molecule is Cc1cc(C)c(S(=O)(=O)NCCC(=O)NCCc2cc(Cl)c3c(c2)OCCO3)c(C)c1. The first-order valence-corrected chi connectivity index (χ1v) is 12.0. The molecule has 1 amide bonds. The lowest BCUT2D eigenvalue weighted by Crippen LogP contribution is -2.32. The molecule has 0 aromatic heterocycles. The number of carbonyl (C=O) groups is 1. The monoisotopic (exact) mass is 466 g/mol. The lowest BCUT2D eigenvalue weighted by Gasteiger charge is -2.20. The number of fused-ring (bicyclic) bond motifs is 1. The Morgan fingerprint density at radius 1 is 1.03 bits per heavy atom. The third-order valence-electron chi connectivity index (χ3n) is 4.91. The standard InChI is InChI=1S/C22H27ClN2O5S/c1-14-10-15(2)22(16(3)11-14)31(27,28)25-7-5-20(26)24-6-4-17-12-18(23)21-19(13-17)29-8-9-30-21/h10-13,25H,4-9H2,1-3H3,(H,24,26). The molecule has 0 aliphatic carbocycles. The zero-order chi connectivity index (χ0) is 22.6. The Balaban J connectivity index is 1.47. The summed E-state index contributed by atoms with van der Waals surface area (Å²) >= 11 is 6.22. The number of amides is 1. The van der Waals surface area contributed by atoms with E-state index < -0.39 is 10.0 Å². The first kappa shape index (κ1) is 23.4. The molecule has 2 aromatic rings. The van der Waals surface area contributed by atoms with Crippen molar-refractivity contribution < 1.29 is 22.7 Å². The molecule has 0 spiro atoms. The van der Waals surface area contributed by atoms with Crippen LogP contribution in [0.4, 0.5) is 0 Å². The first-order valence-electron chi connectivity index (χ1n) is 10.1. The lowest BCUT2D eigenvalue weighted by atomic mass is 10.1. The highest BCUT2D eigenvalue weighted by Crippen LogP contribution is 2.38. The Labute approximate surface area is 188 Å². The molecular formula is C22H27ClN2O5S. The highest BCUT2D eigenvalue weighted by atomic mass is 35.5. The zero-order valence-electron chi connectivity index (χ0n) is 17.9. The van der Waals surface area contributed by atoms with Crippen LogP contribution in [0.15, 0.2) is 29.2 Å². The van der Waals surface area contributed by atoms with Crippen molar-refractivity contribution in [2.75, 3.05) is 26.3 Å². The summed E-state index contributed by atoms with van der Waals surface area (Å²) in [5.41, 5.74) is 3.30. The second-order valence-corrected chi connectivity index (χ2v) is 9.69. The van der Waals surface area contributed by atoms with Crippen LogP contribution >= 0.6 is 11.6 Å². The van der Waals surface area contributed by atoms with E-state index in [2.05, 4.69) is 10.0 Å². The number of benzene rings is 2. The molecule has 7 nitrogen and oxygen atoms in total. The number of aryl methyl sites for hydroxylation is 3. The summed E-state index contributed by atoms with van der Waals surface area (Å²) in [6.07, 6.45) is 0.612. The second-order valence-electron chi connectivity index (χ2n) is 7.58. The molecule has 0 unspecified atom stereocenters. The third kappa shape index (κ3) is 5.90. The maximum Gasteiger partial charge on any atom is 0.241 e. The van der Waals surface area contributed by atoms with Gasteiger partial charge in [-0.3, -0.25) is 4.79 Å². The van der Waals surface area contributed by atoms with Crippen molar-refractivity contribution in [3.8, 4) is 11.5 Å². The van der Waals surface area contributed by atoms with E-state index >= 15 is 0 Å². The van der Waals surface area contributed by atoms with Crippen LogP contribution in [0.1, 0.15) is 28.7 Å². The minimum absolute atomic E-state index is 0.0246. The van der Waals surface area contributed by atoms with Crippen molar-refractivity contribution >= 4 is 27.5 Å². The van der Waals surface area contributed by atoms with Gasteiger partial charge in [-0.2, -0.15) is 0 Å². The van der Waals surface area contributed by atoms with Crippen molar-refractivity contribution in [3.63, 3.8) is 0 Å². The van der Waals surface area contributed by atoms with Gasteiger partial charge in [0.1, 0.15) is 13.2 Å². The van der Waals surface area contributed by atoms with E-state index in [0.717, 1.165) is 11.1 Å². The van der Waals surface area contributed by atoms with E-state index in [1.54, 1.807) is 19.9 Å². The van der Waals surface area contributed by atoms with Gasteiger partial charge in [0.05, 0.1) is 9.92 Å². The van der Waals surface area contributed by atoms with Gasteiger partial charge in [0.2, 0.25) is 15.9 Å². The highest BCUT2D eigenvalue weighted by molar-refractivity contribution is 7.89. The van der Waals surface area contributed by atoms with Gasteiger partial charge in [0, 0.05) is 19.5 Å². The van der Waals surface area contributed by atoms with Crippen LogP contribution in [0.3, 0.4) is 0 Å². The van der Waals surface area contributed by atoms with Gasteiger partial charge in [-0.25, -0.2) is 13.1 Å². The summed E-state index contributed by atoms with van der Waals surface area (Å²) in [5, 5.41) is 3.28. The summed E-state index contributed by atoms with van der Waals surface area (Å²) in [6.45, 7) is 6.83. The Kier molecular flexibility index (Phi) is 7.46. The Morgan fingerprint density at radius 2 is 1.71 bits per heavy atom. The van der Waals surface area contributed by atoms with Crippen molar-refractivity contribution in [2.45, 2.75) is 38.5 Å². The second kappa shape index (κ2) is 9.89. The van der Waals surface area contributed by atoms with Crippen molar-refractivity contribution in [2.24, 2.45) is 0 Å². The van der Waals surface area contributed by atoms with E-state index in [9.17, 15) is 13.2 Å². The minimum atomic E-state index is -3.68. The Bertz CT molecular complexity index is 1060. The van der Waals surface area contributed by atoms with Gasteiger partial charge in [-0.05, 0) is 56.0 Å². The molecule has 168 valence electrons. The number of rotatable bonds is 8. The van der Waals surface area contributed by atoms with Gasteiger partial charge in [-0.15, -0.1) is 0 Å². The van der Waals surface area contributed by atoms with Crippen LogP contribution in [0, 0.1) is 20.8 Å². The van der Waals surface area contributed by atoms with E-state index in [0.29, 0.717) is 53.8 Å². The molecule has 1 aliphatic rings. The van der Waals surface area contributed by atoms with Crippen LogP contribution < -0.4 is 19.5 Å². The molecular weight excluding hydrogens is 440 g/mol. The predicted octanol–water partition coefficient (Wildman–Crippen LogP) is 3.06. The lowest BCUT2D eigenvalue weighted by molar-refractivity contribution is -0.120. The molecule has 0 atom stereocenters. The summed E-state index contributed by atoms with van der Waals surface area (Å²) < 4.78 is 38.8. The molecule has 0 bridgehead atoms. The van der Waals surface area contributed by atoms with Crippen LogP contribution in [-0.4, -0.2) is 40.6 Å². The van der Waals surface area contributed by atoms with Crippen LogP contribution in [0.5, 0.6) is 11.5 Å². The zero-order valence-corrected chi connectivity index (χ0v) is 19.5. The number of sulfonamides is 1. The molecule has 1 aliphatic heterocycles. The maximum atomic E-state index is 12.6. The normalized spacial score (nSPS) is 13.2. The first-order chi connectivity index (χ1) is 14.7. The van der Waals surface area contributed by atoms with Crippen molar-refractivity contribution in [1.82, 2.24) is 10.0 Å². The molecule has 9 heteroatoms. The molecule has 0 fully saturated rings. The fraction of sp³-hybridized carbons (Fsp3) is 0.409. The molecule has 0 radical (unpaired) electrons. The molecule has 0 saturated carbocycles. The number of hydrogen-bond acceptors (Lipinski definition) is 5. The molecule has 0 saturated heterocycles. The van der Waals surface area contributed by atoms with Gasteiger partial charge in [0.25, 0.3) is 0 Å². The average Bonchev–Trinajstić information content (AvgIpc) is 2.67. The Hall–Kier alpha value is -2.29. The maximum absolute atomic E-state index is 12.6. The summed E-state index contributed by atoms with van der Waals surface area (Å²) in [5.74, 6) is 0.923. The van der Waals surface area contributed by atoms with Crippen LogP contribution in [0.25, 0.3) is 0 Å². The molecule has 3 rings (SSSR count). The minimum Gasteiger partial charge on any atom is -0.486 e. The van der Waals surface area contributed by atoms with Crippen LogP contribution in [-0.2, 0) is 21.2 Å². The van der Waals surface area contributed by atoms with E-state index in [-0.39, 0.29) is 23.8 Å². The van der Waals surface area contributed by atoms with Gasteiger partial charge in [0.15, 0.2) is 11.5 Å².